The second kappa shape index (κ2) is 6.99. The monoisotopic (exact) mass is 331 g/mol. The molecule has 1 aliphatic heterocycles. The number of nitrogens with zero attached hydrogens (tertiary/aromatic N) is 4. The highest BCUT2D eigenvalue weighted by molar-refractivity contribution is 5.78. The quantitative estimate of drug-likeness (QED) is 0.875. The van der Waals surface area contributed by atoms with Gasteiger partial charge in [-0.2, -0.15) is 0 Å². The topological polar surface area (TPSA) is 59.0 Å². The Kier molecular flexibility index (Phi) is 4.96. The first-order valence-corrected chi connectivity index (χ1v) is 8.79. The predicted molar refractivity (Wildman–Crippen MR) is 97.7 cm³/mol. The van der Waals surface area contributed by atoms with Gasteiger partial charge < -0.3 is 15.4 Å². The van der Waals surface area contributed by atoms with E-state index in [-0.39, 0.29) is 0 Å². The van der Waals surface area contributed by atoms with Crippen molar-refractivity contribution in [2.75, 3.05) is 46.1 Å². The lowest BCUT2D eigenvalue weighted by Gasteiger charge is -2.20. The van der Waals surface area contributed by atoms with Crippen molar-refractivity contribution in [3.8, 4) is 5.88 Å². The average Bonchev–Trinajstić information content (AvgIpc) is 3.15. The SMILES string of the molecule is CCc1ccc(C)n2nc(OCCN3CCC(N(C)C)C3)c(N)c12. The first-order chi connectivity index (χ1) is 11.5. The third kappa shape index (κ3) is 3.21. The summed E-state index contributed by atoms with van der Waals surface area (Å²) < 4.78 is 7.83. The Bertz CT molecular complexity index is 709. The van der Waals surface area contributed by atoms with E-state index in [0.29, 0.717) is 24.2 Å². The van der Waals surface area contributed by atoms with Gasteiger partial charge in [0.25, 0.3) is 5.88 Å². The minimum atomic E-state index is 0.558. The summed E-state index contributed by atoms with van der Waals surface area (Å²) >= 11 is 0. The molecule has 3 heterocycles. The Morgan fingerprint density at radius 3 is 2.83 bits per heavy atom. The van der Waals surface area contributed by atoms with Gasteiger partial charge in [-0.15, -0.1) is 5.10 Å². The summed E-state index contributed by atoms with van der Waals surface area (Å²) in [7, 11) is 4.30. The summed E-state index contributed by atoms with van der Waals surface area (Å²) in [4.78, 5) is 4.75. The molecule has 0 radical (unpaired) electrons. The number of nitrogen functional groups attached to an aromatic ring is 1. The molecule has 2 aromatic heterocycles. The number of hydrogen-bond donors (Lipinski definition) is 1. The summed E-state index contributed by atoms with van der Waals surface area (Å²) in [5.41, 5.74) is 10.2. The van der Waals surface area contributed by atoms with Gasteiger partial charge >= 0.3 is 0 Å². The zero-order valence-corrected chi connectivity index (χ0v) is 15.2. The van der Waals surface area contributed by atoms with Crippen LogP contribution in [0.2, 0.25) is 0 Å². The highest BCUT2D eigenvalue weighted by Gasteiger charge is 2.23. The van der Waals surface area contributed by atoms with E-state index in [4.69, 9.17) is 10.5 Å². The normalized spacial score (nSPS) is 18.8. The highest BCUT2D eigenvalue weighted by Crippen LogP contribution is 2.29. The van der Waals surface area contributed by atoms with E-state index in [2.05, 4.69) is 48.1 Å². The molecule has 1 atom stereocenters. The molecule has 0 bridgehead atoms. The molecule has 0 saturated carbocycles. The zero-order chi connectivity index (χ0) is 17.3. The molecule has 1 fully saturated rings. The van der Waals surface area contributed by atoms with E-state index in [1.807, 2.05) is 11.4 Å². The minimum absolute atomic E-state index is 0.558. The lowest BCUT2D eigenvalue weighted by molar-refractivity contribution is 0.217. The maximum atomic E-state index is 6.31. The van der Waals surface area contributed by atoms with Crippen molar-refractivity contribution in [2.45, 2.75) is 32.7 Å². The van der Waals surface area contributed by atoms with Crippen molar-refractivity contribution in [3.63, 3.8) is 0 Å². The molecule has 0 aliphatic carbocycles. The van der Waals surface area contributed by atoms with Gasteiger partial charge in [0.1, 0.15) is 12.3 Å². The molecular weight excluding hydrogens is 302 g/mol. The maximum Gasteiger partial charge on any atom is 0.257 e. The van der Waals surface area contributed by atoms with E-state index < -0.39 is 0 Å². The number of aromatic nitrogens is 2. The van der Waals surface area contributed by atoms with E-state index in [9.17, 15) is 0 Å². The van der Waals surface area contributed by atoms with Gasteiger partial charge in [0.05, 0.1) is 5.52 Å². The van der Waals surface area contributed by atoms with Crippen LogP contribution in [0.25, 0.3) is 5.52 Å². The van der Waals surface area contributed by atoms with Crippen LogP contribution < -0.4 is 10.5 Å². The standard InChI is InChI=1S/C18H29N5O/c1-5-14-7-6-13(2)23-17(14)16(19)18(20-23)24-11-10-22-9-8-15(12-22)21(3)4/h6-7,15H,5,8-12,19H2,1-4H3. The number of rotatable bonds is 6. The summed E-state index contributed by atoms with van der Waals surface area (Å²) in [5.74, 6) is 0.558. The smallest absolute Gasteiger partial charge is 0.257 e. The number of anilines is 1. The number of ether oxygens (including phenoxy) is 1. The molecule has 0 aromatic carbocycles. The number of nitrogens with two attached hydrogens (primary N) is 1. The van der Waals surface area contributed by atoms with Crippen molar-refractivity contribution in [3.05, 3.63) is 23.4 Å². The Balaban J connectivity index is 1.66. The molecule has 6 nitrogen and oxygen atoms in total. The van der Waals surface area contributed by atoms with Gasteiger partial charge in [-0.3, -0.25) is 4.90 Å². The maximum absolute atomic E-state index is 6.31. The van der Waals surface area contributed by atoms with E-state index in [1.165, 1.54) is 12.0 Å². The molecule has 132 valence electrons. The van der Waals surface area contributed by atoms with Gasteiger partial charge in [0, 0.05) is 24.8 Å². The second-order valence-electron chi connectivity index (χ2n) is 6.89. The third-order valence-electron chi connectivity index (χ3n) is 5.06. The van der Waals surface area contributed by atoms with Crippen LogP contribution in [0.3, 0.4) is 0 Å². The largest absolute Gasteiger partial charge is 0.474 e. The number of likely N-dealkylation sites (tertiary alicyclic amines) is 1. The van der Waals surface area contributed by atoms with Crippen LogP contribution in [0.5, 0.6) is 5.88 Å². The number of fused-ring (bicyclic) bond motifs is 1. The van der Waals surface area contributed by atoms with Gasteiger partial charge in [0.2, 0.25) is 0 Å². The molecule has 2 aromatic rings. The Hall–Kier alpha value is -1.79. The molecule has 6 heteroatoms. The lowest BCUT2D eigenvalue weighted by atomic mass is 10.1. The van der Waals surface area contributed by atoms with Gasteiger partial charge in [0.15, 0.2) is 0 Å². The molecule has 3 rings (SSSR count). The fourth-order valence-corrected chi connectivity index (χ4v) is 3.45. The predicted octanol–water partition coefficient (Wildman–Crippen LogP) is 1.80. The van der Waals surface area contributed by atoms with Crippen molar-refractivity contribution in [1.29, 1.82) is 0 Å². The molecule has 1 aliphatic rings. The molecule has 0 spiro atoms. The fourth-order valence-electron chi connectivity index (χ4n) is 3.45. The van der Waals surface area contributed by atoms with Crippen LogP contribution in [0.4, 0.5) is 5.69 Å². The average molecular weight is 331 g/mol. The van der Waals surface area contributed by atoms with Crippen LogP contribution >= 0.6 is 0 Å². The Labute approximate surface area is 144 Å². The van der Waals surface area contributed by atoms with E-state index in [0.717, 1.165) is 37.3 Å². The summed E-state index contributed by atoms with van der Waals surface area (Å²) in [6, 6.07) is 4.85. The molecule has 0 amide bonds. The minimum Gasteiger partial charge on any atom is -0.474 e. The van der Waals surface area contributed by atoms with Crippen LogP contribution in [0.1, 0.15) is 24.6 Å². The van der Waals surface area contributed by atoms with E-state index >= 15 is 0 Å². The Morgan fingerprint density at radius 2 is 2.17 bits per heavy atom. The lowest BCUT2D eigenvalue weighted by Crippen LogP contribution is -2.33. The first kappa shape index (κ1) is 17.0. The van der Waals surface area contributed by atoms with Gasteiger partial charge in [-0.25, -0.2) is 4.52 Å². The molecule has 1 unspecified atom stereocenters. The number of pyridine rings is 1. The number of hydrogen-bond acceptors (Lipinski definition) is 5. The van der Waals surface area contributed by atoms with Crippen molar-refractivity contribution < 1.29 is 4.74 Å². The summed E-state index contributed by atoms with van der Waals surface area (Å²) in [5, 5.41) is 4.57. The highest BCUT2D eigenvalue weighted by atomic mass is 16.5. The number of aryl methyl sites for hydroxylation is 2. The Morgan fingerprint density at radius 1 is 1.38 bits per heavy atom. The molecule has 1 saturated heterocycles. The molecular formula is C18H29N5O. The van der Waals surface area contributed by atoms with Crippen molar-refractivity contribution in [1.82, 2.24) is 19.4 Å². The van der Waals surface area contributed by atoms with Crippen LogP contribution in [0.15, 0.2) is 12.1 Å². The third-order valence-corrected chi connectivity index (χ3v) is 5.06. The summed E-state index contributed by atoms with van der Waals surface area (Å²) in [6.45, 7) is 7.94. The number of likely N-dealkylation sites (N-methyl/N-ethyl adjacent to an activating group) is 1. The molecule has 2 N–H and O–H groups in total. The van der Waals surface area contributed by atoms with Gasteiger partial charge in [-0.05, 0) is 52.0 Å². The molecule has 24 heavy (non-hydrogen) atoms. The first-order valence-electron chi connectivity index (χ1n) is 8.79. The van der Waals surface area contributed by atoms with Crippen LogP contribution in [0, 0.1) is 6.92 Å². The van der Waals surface area contributed by atoms with Crippen LogP contribution in [-0.4, -0.2) is 65.8 Å². The fraction of sp³-hybridized carbons (Fsp3) is 0.611. The van der Waals surface area contributed by atoms with Crippen molar-refractivity contribution in [2.24, 2.45) is 0 Å². The van der Waals surface area contributed by atoms with Crippen molar-refractivity contribution >= 4 is 11.2 Å². The summed E-state index contributed by atoms with van der Waals surface area (Å²) in [6.07, 6.45) is 2.15. The van der Waals surface area contributed by atoms with Crippen LogP contribution in [-0.2, 0) is 6.42 Å². The van der Waals surface area contributed by atoms with E-state index in [1.54, 1.807) is 0 Å². The van der Waals surface area contributed by atoms with Gasteiger partial charge in [-0.1, -0.05) is 13.0 Å². The zero-order valence-electron chi connectivity index (χ0n) is 15.2. The second-order valence-corrected chi connectivity index (χ2v) is 6.89.